The van der Waals surface area contributed by atoms with Crippen LogP contribution in [-0.2, 0) is 21.4 Å². The number of anilines is 1. The summed E-state index contributed by atoms with van der Waals surface area (Å²) in [6.45, 7) is 4.31. The molecule has 0 spiro atoms. The van der Waals surface area contributed by atoms with Gasteiger partial charge in [-0.3, -0.25) is 14.2 Å². The van der Waals surface area contributed by atoms with Crippen LogP contribution in [0.2, 0.25) is 0 Å². The van der Waals surface area contributed by atoms with Crippen molar-refractivity contribution in [1.29, 1.82) is 0 Å². The number of benzene rings is 3. The number of nitrogens with zero attached hydrogens (tertiary/aromatic N) is 5. The number of carbonyl (C=O) groups is 2. The first-order valence-corrected chi connectivity index (χ1v) is 17.6. The molecule has 0 saturated heterocycles. The van der Waals surface area contributed by atoms with Gasteiger partial charge in [0.25, 0.3) is 5.91 Å². The molecule has 0 saturated carbocycles. The highest BCUT2D eigenvalue weighted by Crippen LogP contribution is 2.27. The van der Waals surface area contributed by atoms with E-state index >= 15 is 0 Å². The van der Waals surface area contributed by atoms with Gasteiger partial charge in [0, 0.05) is 28.8 Å². The zero-order chi connectivity index (χ0) is 31.3. The van der Waals surface area contributed by atoms with Gasteiger partial charge in [0.2, 0.25) is 15.9 Å². The molecule has 5 rings (SSSR count). The Morgan fingerprint density at radius 1 is 0.977 bits per heavy atom. The van der Waals surface area contributed by atoms with Gasteiger partial charge in [-0.15, -0.1) is 10.2 Å². The second-order valence-electron chi connectivity index (χ2n) is 9.33. The van der Waals surface area contributed by atoms with E-state index in [9.17, 15) is 18.0 Å². The Hall–Kier alpha value is -3.63. The van der Waals surface area contributed by atoms with Crippen molar-refractivity contribution in [3.8, 4) is 5.69 Å². The Balaban J connectivity index is 1.28. The Bertz CT molecular complexity index is 1860. The number of sulfonamides is 1. The summed E-state index contributed by atoms with van der Waals surface area (Å²) in [5.41, 5.74) is 1.88. The summed E-state index contributed by atoms with van der Waals surface area (Å²) in [6, 6.07) is 21.0. The SMILES string of the molecule is CCN(CC)S(=O)(=O)c1ccc(C(=O)NCc2nnc(SCC(=O)Nc3nc4ccccc4s3)n2-c2ccc(Br)cc2)cc1. The average Bonchev–Trinajstić information content (AvgIpc) is 3.63. The predicted molar refractivity (Wildman–Crippen MR) is 176 cm³/mol. The Morgan fingerprint density at radius 2 is 1.68 bits per heavy atom. The number of carbonyl (C=O) groups excluding carboxylic acids is 2. The molecule has 2 N–H and O–H groups in total. The molecule has 5 aromatic rings. The van der Waals surface area contributed by atoms with E-state index in [-0.39, 0.29) is 23.1 Å². The summed E-state index contributed by atoms with van der Waals surface area (Å²) in [7, 11) is -3.63. The van der Waals surface area contributed by atoms with E-state index in [4.69, 9.17) is 0 Å². The fraction of sp³-hybridized carbons (Fsp3) is 0.207. The van der Waals surface area contributed by atoms with E-state index in [0.717, 1.165) is 20.4 Å². The minimum Gasteiger partial charge on any atom is -0.345 e. The Labute approximate surface area is 271 Å². The number of thiazole rings is 1. The molecular formula is C29H28BrN7O4S3. The number of amides is 2. The van der Waals surface area contributed by atoms with Crippen LogP contribution in [0.4, 0.5) is 5.13 Å². The van der Waals surface area contributed by atoms with E-state index < -0.39 is 15.9 Å². The quantitative estimate of drug-likeness (QED) is 0.166. The molecule has 228 valence electrons. The molecule has 2 heterocycles. The van der Waals surface area contributed by atoms with Crippen molar-refractivity contribution in [1.82, 2.24) is 29.4 Å². The number of para-hydroxylation sites is 1. The van der Waals surface area contributed by atoms with E-state index in [1.54, 1.807) is 18.4 Å². The first-order valence-electron chi connectivity index (χ1n) is 13.6. The number of hydrogen-bond donors (Lipinski definition) is 2. The van der Waals surface area contributed by atoms with Crippen molar-refractivity contribution in [2.45, 2.75) is 30.4 Å². The number of fused-ring (bicyclic) bond motifs is 1. The van der Waals surface area contributed by atoms with E-state index in [0.29, 0.717) is 34.8 Å². The van der Waals surface area contributed by atoms with Gasteiger partial charge in [-0.2, -0.15) is 4.31 Å². The molecule has 0 aliphatic rings. The smallest absolute Gasteiger partial charge is 0.251 e. The predicted octanol–water partition coefficient (Wildman–Crippen LogP) is 5.33. The molecule has 0 unspecified atom stereocenters. The van der Waals surface area contributed by atoms with Crippen molar-refractivity contribution < 1.29 is 18.0 Å². The van der Waals surface area contributed by atoms with Gasteiger partial charge in [0.1, 0.15) is 0 Å². The van der Waals surface area contributed by atoms with Gasteiger partial charge < -0.3 is 10.6 Å². The fourth-order valence-electron chi connectivity index (χ4n) is 4.32. The monoisotopic (exact) mass is 713 g/mol. The minimum atomic E-state index is -3.63. The van der Waals surface area contributed by atoms with Crippen molar-refractivity contribution >= 4 is 76.2 Å². The topological polar surface area (TPSA) is 139 Å². The van der Waals surface area contributed by atoms with Gasteiger partial charge in [-0.25, -0.2) is 13.4 Å². The van der Waals surface area contributed by atoms with Crippen LogP contribution in [0.5, 0.6) is 0 Å². The molecule has 0 aliphatic heterocycles. The number of hydrogen-bond acceptors (Lipinski definition) is 9. The van der Waals surface area contributed by atoms with Crippen LogP contribution < -0.4 is 10.6 Å². The van der Waals surface area contributed by atoms with Gasteiger partial charge in [0.15, 0.2) is 16.1 Å². The Morgan fingerprint density at radius 3 is 2.36 bits per heavy atom. The lowest BCUT2D eigenvalue weighted by atomic mass is 10.2. The van der Waals surface area contributed by atoms with Gasteiger partial charge >= 0.3 is 0 Å². The maximum Gasteiger partial charge on any atom is 0.251 e. The van der Waals surface area contributed by atoms with Gasteiger partial charge in [0.05, 0.1) is 27.4 Å². The molecule has 0 aliphatic carbocycles. The maximum atomic E-state index is 13.0. The lowest BCUT2D eigenvalue weighted by molar-refractivity contribution is -0.113. The number of rotatable bonds is 12. The third kappa shape index (κ3) is 7.18. The highest BCUT2D eigenvalue weighted by Gasteiger charge is 2.22. The molecule has 3 aromatic carbocycles. The molecule has 11 nitrogen and oxygen atoms in total. The molecule has 0 atom stereocenters. The molecule has 15 heteroatoms. The highest BCUT2D eigenvalue weighted by atomic mass is 79.9. The van der Waals surface area contributed by atoms with Crippen molar-refractivity contribution in [2.24, 2.45) is 0 Å². The summed E-state index contributed by atoms with van der Waals surface area (Å²) in [6.07, 6.45) is 0. The van der Waals surface area contributed by atoms with Crippen molar-refractivity contribution in [3.05, 3.63) is 88.7 Å². The largest absolute Gasteiger partial charge is 0.345 e. The lowest BCUT2D eigenvalue weighted by Gasteiger charge is -2.18. The summed E-state index contributed by atoms with van der Waals surface area (Å²) >= 11 is 6.06. The number of aromatic nitrogens is 4. The second-order valence-corrected chi connectivity index (χ2v) is 14.2. The standard InChI is InChI=1S/C29H28BrN7O4S3/c1-3-36(4-2)44(40,41)22-15-9-19(10-16-22)27(39)31-17-25-34-35-29(37(25)21-13-11-20(30)12-14-21)42-18-26(38)33-28-32-23-7-5-6-8-24(23)43-28/h5-16H,3-4,17-18H2,1-2H3,(H,31,39)(H,32,33,38). The normalized spacial score (nSPS) is 11.6. The van der Waals surface area contributed by atoms with E-state index in [1.807, 2.05) is 48.5 Å². The average molecular weight is 715 g/mol. The minimum absolute atomic E-state index is 0.0415. The fourth-order valence-corrected chi connectivity index (χ4v) is 7.70. The highest BCUT2D eigenvalue weighted by molar-refractivity contribution is 9.10. The van der Waals surface area contributed by atoms with Crippen molar-refractivity contribution in [3.63, 3.8) is 0 Å². The van der Waals surface area contributed by atoms with Crippen molar-refractivity contribution in [2.75, 3.05) is 24.2 Å². The van der Waals surface area contributed by atoms with Crippen LogP contribution in [0.25, 0.3) is 15.9 Å². The summed E-state index contributed by atoms with van der Waals surface area (Å²) in [5, 5.41) is 15.3. The molecular weight excluding hydrogens is 686 g/mol. The first-order chi connectivity index (χ1) is 21.2. The molecule has 0 fully saturated rings. The van der Waals surface area contributed by atoms with E-state index in [2.05, 4.69) is 41.7 Å². The third-order valence-corrected chi connectivity index (χ3v) is 11.0. The molecule has 0 bridgehead atoms. The first kappa shape index (κ1) is 31.8. The second kappa shape index (κ2) is 14.0. The van der Waals surface area contributed by atoms with Crippen LogP contribution in [0.1, 0.15) is 30.0 Å². The van der Waals surface area contributed by atoms with Crippen LogP contribution in [0, 0.1) is 0 Å². The van der Waals surface area contributed by atoms with Crippen LogP contribution in [0.3, 0.4) is 0 Å². The summed E-state index contributed by atoms with van der Waals surface area (Å²) in [5.74, 6) is -0.109. The van der Waals surface area contributed by atoms with Crippen LogP contribution in [-0.4, -0.2) is 63.1 Å². The zero-order valence-electron chi connectivity index (χ0n) is 23.7. The molecule has 44 heavy (non-hydrogen) atoms. The lowest BCUT2D eigenvalue weighted by Crippen LogP contribution is -2.30. The number of nitrogens with one attached hydrogen (secondary N) is 2. The van der Waals surface area contributed by atoms with E-state index in [1.165, 1.54) is 51.7 Å². The van der Waals surface area contributed by atoms with Crippen LogP contribution >= 0.6 is 39.0 Å². The zero-order valence-corrected chi connectivity index (χ0v) is 27.8. The number of halogens is 1. The number of thioether (sulfide) groups is 1. The summed E-state index contributed by atoms with van der Waals surface area (Å²) in [4.78, 5) is 30.3. The van der Waals surface area contributed by atoms with Gasteiger partial charge in [-0.1, -0.05) is 65.0 Å². The van der Waals surface area contributed by atoms with Crippen LogP contribution in [0.15, 0.2) is 87.3 Å². The molecule has 0 radical (unpaired) electrons. The maximum absolute atomic E-state index is 13.0. The molecule has 2 amide bonds. The third-order valence-electron chi connectivity index (χ3n) is 6.52. The summed E-state index contributed by atoms with van der Waals surface area (Å²) < 4.78 is 30.6. The molecule has 2 aromatic heterocycles. The van der Waals surface area contributed by atoms with Gasteiger partial charge in [-0.05, 0) is 60.7 Å². The Kier molecular flexibility index (Phi) is 10.1.